The number of aromatic hydroxyl groups is 1. The van der Waals surface area contributed by atoms with Crippen molar-refractivity contribution >= 4 is 23.2 Å². The van der Waals surface area contributed by atoms with Gasteiger partial charge >= 0.3 is 5.69 Å². The number of rotatable bonds is 5. The number of nitrogens with zero attached hydrogens (tertiary/aromatic N) is 4. The summed E-state index contributed by atoms with van der Waals surface area (Å²) >= 11 is 12.6. The van der Waals surface area contributed by atoms with Crippen molar-refractivity contribution in [3.05, 3.63) is 101 Å². The van der Waals surface area contributed by atoms with E-state index in [1.807, 2.05) is 4.98 Å². The number of phenols is 1. The van der Waals surface area contributed by atoms with Gasteiger partial charge in [0.1, 0.15) is 11.8 Å². The Morgan fingerprint density at radius 2 is 1.82 bits per heavy atom. The molecule has 0 radical (unpaired) electrons. The molecule has 0 unspecified atom stereocenters. The third-order valence-electron chi connectivity index (χ3n) is 4.53. The monoisotopic (exact) mass is 498 g/mol. The molecule has 0 aliphatic carbocycles. The Hall–Kier alpha value is -4.40. The van der Waals surface area contributed by atoms with Crippen LogP contribution in [0.3, 0.4) is 0 Å². The van der Waals surface area contributed by atoms with Gasteiger partial charge in [0.25, 0.3) is 11.1 Å². The smallest absolute Gasteiger partial charge is 0.349 e. The lowest BCUT2D eigenvalue weighted by molar-refractivity contribution is 0.453. The fraction of sp³-hybridized carbons (Fsp3) is 0.0476. The van der Waals surface area contributed by atoms with Crippen molar-refractivity contribution in [2.24, 2.45) is 0 Å². The van der Waals surface area contributed by atoms with Crippen LogP contribution in [-0.4, -0.2) is 30.1 Å². The number of benzene rings is 2. The normalized spacial score (nSPS) is 10.6. The zero-order valence-corrected chi connectivity index (χ0v) is 18.4. The van der Waals surface area contributed by atoms with E-state index in [-0.39, 0.29) is 39.5 Å². The van der Waals surface area contributed by atoms with E-state index in [1.54, 1.807) is 18.2 Å². The Kier molecular flexibility index (Phi) is 6.18. The molecule has 13 heteroatoms. The quantitative estimate of drug-likeness (QED) is 0.376. The third-order valence-corrected chi connectivity index (χ3v) is 5.09. The van der Waals surface area contributed by atoms with Gasteiger partial charge in [-0.3, -0.25) is 14.6 Å². The number of phenolic OH excluding ortho intramolecular Hbond substituents is 1. The Labute approximate surface area is 199 Å². The highest BCUT2D eigenvalue weighted by molar-refractivity contribution is 6.37. The third kappa shape index (κ3) is 4.68. The number of nitrogens with one attached hydrogen (secondary N) is 2. The maximum atomic E-state index is 12.2. The minimum atomic E-state index is -0.924. The average molecular weight is 499 g/mol. The number of ether oxygens (including phenoxy) is 1. The Balaban J connectivity index is 1.67. The molecule has 3 N–H and O–H groups in total. The van der Waals surface area contributed by atoms with Gasteiger partial charge in [-0.25, -0.2) is 9.89 Å². The number of aromatic nitrogens is 5. The van der Waals surface area contributed by atoms with Gasteiger partial charge in [-0.2, -0.15) is 9.94 Å². The van der Waals surface area contributed by atoms with Crippen molar-refractivity contribution in [3.63, 3.8) is 0 Å². The molecule has 170 valence electrons. The maximum Gasteiger partial charge on any atom is 0.349 e. The van der Waals surface area contributed by atoms with Crippen molar-refractivity contribution in [2.75, 3.05) is 0 Å². The molecule has 0 amide bonds. The molecule has 0 atom stereocenters. The first-order valence-electron chi connectivity index (χ1n) is 9.42. The molecule has 2 aromatic heterocycles. The summed E-state index contributed by atoms with van der Waals surface area (Å²) in [5.74, 6) is 0.0291. The van der Waals surface area contributed by atoms with Crippen molar-refractivity contribution in [2.45, 2.75) is 6.42 Å². The number of hydrogen-bond acceptors (Lipinski definition) is 8. The van der Waals surface area contributed by atoms with Gasteiger partial charge in [0.05, 0.1) is 15.7 Å². The van der Waals surface area contributed by atoms with E-state index in [0.717, 1.165) is 4.68 Å². The summed E-state index contributed by atoms with van der Waals surface area (Å²) in [6, 6.07) is 12.0. The van der Waals surface area contributed by atoms with Crippen LogP contribution in [0.5, 0.6) is 17.4 Å². The SMILES string of the molecule is N#Cc1nn(-c2cc(Cl)c(Oc3cc(Cc4cccc(O)c4)c(=O)[nH]n3)c(Cl)c2)c(=O)[nH]c1=O. The van der Waals surface area contributed by atoms with Crippen LogP contribution in [0, 0.1) is 11.3 Å². The van der Waals surface area contributed by atoms with E-state index in [1.165, 1.54) is 30.3 Å². The molecule has 4 rings (SSSR count). The van der Waals surface area contributed by atoms with Gasteiger partial charge in [0.2, 0.25) is 11.6 Å². The Morgan fingerprint density at radius 3 is 2.50 bits per heavy atom. The van der Waals surface area contributed by atoms with Gasteiger partial charge in [0, 0.05) is 18.1 Å². The molecular weight excluding hydrogens is 487 g/mol. The molecule has 0 bridgehead atoms. The highest BCUT2D eigenvalue weighted by Gasteiger charge is 2.16. The van der Waals surface area contributed by atoms with Gasteiger partial charge < -0.3 is 9.84 Å². The molecule has 4 aromatic rings. The first-order valence-corrected chi connectivity index (χ1v) is 10.2. The van der Waals surface area contributed by atoms with E-state index in [2.05, 4.69) is 15.3 Å². The van der Waals surface area contributed by atoms with Crippen LogP contribution in [0.2, 0.25) is 10.0 Å². The predicted octanol–water partition coefficient (Wildman–Crippen LogP) is 2.27. The van der Waals surface area contributed by atoms with E-state index in [9.17, 15) is 19.5 Å². The summed E-state index contributed by atoms with van der Waals surface area (Å²) in [7, 11) is 0. The number of halogens is 2. The fourth-order valence-electron chi connectivity index (χ4n) is 3.01. The Morgan fingerprint density at radius 1 is 1.09 bits per heavy atom. The molecule has 11 nitrogen and oxygen atoms in total. The fourth-order valence-corrected chi connectivity index (χ4v) is 3.57. The zero-order valence-electron chi connectivity index (χ0n) is 16.9. The summed E-state index contributed by atoms with van der Waals surface area (Å²) in [5.41, 5.74) is -1.72. The topological polar surface area (TPSA) is 167 Å². The van der Waals surface area contributed by atoms with E-state index >= 15 is 0 Å². The second-order valence-electron chi connectivity index (χ2n) is 6.88. The van der Waals surface area contributed by atoms with Crippen LogP contribution in [0.4, 0.5) is 0 Å². The second kappa shape index (κ2) is 9.22. The number of nitriles is 1. The summed E-state index contributed by atoms with van der Waals surface area (Å²) < 4.78 is 6.43. The zero-order chi connectivity index (χ0) is 24.4. The van der Waals surface area contributed by atoms with Crippen LogP contribution < -0.4 is 21.5 Å². The number of aromatic amines is 2. The predicted molar refractivity (Wildman–Crippen MR) is 121 cm³/mol. The molecule has 0 aliphatic heterocycles. The van der Waals surface area contributed by atoms with Crippen molar-refractivity contribution in [1.29, 1.82) is 5.26 Å². The van der Waals surface area contributed by atoms with Gasteiger partial charge in [0.15, 0.2) is 5.75 Å². The average Bonchev–Trinajstić information content (AvgIpc) is 2.78. The number of hydrogen-bond donors (Lipinski definition) is 3. The lowest BCUT2D eigenvalue weighted by Gasteiger charge is -2.12. The number of H-pyrrole nitrogens is 2. The maximum absolute atomic E-state index is 12.2. The molecule has 0 aliphatic rings. The van der Waals surface area contributed by atoms with Crippen molar-refractivity contribution < 1.29 is 9.84 Å². The van der Waals surface area contributed by atoms with Gasteiger partial charge in [-0.1, -0.05) is 35.3 Å². The summed E-state index contributed by atoms with van der Waals surface area (Å²) in [6.07, 6.45) is 0.199. The molecule has 2 heterocycles. The van der Waals surface area contributed by atoms with E-state index < -0.39 is 22.5 Å². The standard InChI is InChI=1S/C21H12Cl2N6O5/c22-14-7-12(29-21(33)25-20(32)16(9-24)28-29)8-15(23)18(14)34-17-6-11(19(31)27-26-17)4-10-2-1-3-13(30)5-10/h1-3,5-8,30H,4H2,(H,27,31)(H,25,32,33). The minimum absolute atomic E-state index is 0.0163. The van der Waals surface area contributed by atoms with Crippen LogP contribution in [0.1, 0.15) is 16.8 Å². The minimum Gasteiger partial charge on any atom is -0.508 e. The first-order chi connectivity index (χ1) is 16.2. The van der Waals surface area contributed by atoms with Crippen LogP contribution in [0.15, 0.2) is 56.8 Å². The molecule has 0 saturated carbocycles. The van der Waals surface area contributed by atoms with Crippen molar-refractivity contribution in [1.82, 2.24) is 25.0 Å². The lowest BCUT2D eigenvalue weighted by Crippen LogP contribution is -2.33. The molecule has 2 aromatic carbocycles. The molecule has 34 heavy (non-hydrogen) atoms. The molecular formula is C21H12Cl2N6O5. The highest BCUT2D eigenvalue weighted by Crippen LogP contribution is 2.37. The molecule has 0 saturated heterocycles. The highest BCUT2D eigenvalue weighted by atomic mass is 35.5. The van der Waals surface area contributed by atoms with Crippen LogP contribution >= 0.6 is 23.2 Å². The molecule has 0 fully saturated rings. The summed E-state index contributed by atoms with van der Waals surface area (Å²) in [4.78, 5) is 37.8. The van der Waals surface area contributed by atoms with Crippen molar-refractivity contribution in [3.8, 4) is 29.1 Å². The summed E-state index contributed by atoms with van der Waals surface area (Å²) in [5, 5.41) is 28.4. The van der Waals surface area contributed by atoms with E-state index in [4.69, 9.17) is 33.2 Å². The Bertz CT molecular complexity index is 1610. The molecule has 0 spiro atoms. The van der Waals surface area contributed by atoms with Crippen LogP contribution in [0.25, 0.3) is 5.69 Å². The van der Waals surface area contributed by atoms with Gasteiger partial charge in [-0.05, 0) is 29.8 Å². The lowest BCUT2D eigenvalue weighted by atomic mass is 10.1. The van der Waals surface area contributed by atoms with Gasteiger partial charge in [-0.15, -0.1) is 10.2 Å². The largest absolute Gasteiger partial charge is 0.508 e. The second-order valence-corrected chi connectivity index (χ2v) is 7.69. The first kappa shape index (κ1) is 22.8. The summed E-state index contributed by atoms with van der Waals surface area (Å²) in [6.45, 7) is 0. The van der Waals surface area contributed by atoms with Crippen LogP contribution in [-0.2, 0) is 6.42 Å². The van der Waals surface area contributed by atoms with E-state index in [0.29, 0.717) is 11.1 Å².